The van der Waals surface area contributed by atoms with E-state index in [4.69, 9.17) is 0 Å². The fraction of sp³-hybridized carbons (Fsp3) is 0.615. The molecule has 0 bridgehead atoms. The molecule has 0 saturated heterocycles. The summed E-state index contributed by atoms with van der Waals surface area (Å²) in [5.41, 5.74) is 0.358. The summed E-state index contributed by atoms with van der Waals surface area (Å²) in [6, 6.07) is 0.154. The van der Waals surface area contributed by atoms with Gasteiger partial charge in [0.25, 0.3) is 5.91 Å². The predicted molar refractivity (Wildman–Crippen MR) is 80.7 cm³/mol. The van der Waals surface area contributed by atoms with Gasteiger partial charge >= 0.3 is 0 Å². The molecule has 19 heavy (non-hydrogen) atoms. The number of nitrogens with zero attached hydrogens (tertiary/aromatic N) is 2. The molecular formula is C13H22N4OS. The van der Waals surface area contributed by atoms with Gasteiger partial charge in [0.1, 0.15) is 11.5 Å². The van der Waals surface area contributed by atoms with E-state index >= 15 is 0 Å². The van der Waals surface area contributed by atoms with Gasteiger partial charge in [0.15, 0.2) is 0 Å². The van der Waals surface area contributed by atoms with Crippen LogP contribution in [-0.2, 0) is 0 Å². The van der Waals surface area contributed by atoms with Gasteiger partial charge in [-0.05, 0) is 31.8 Å². The van der Waals surface area contributed by atoms with Crippen LogP contribution in [-0.4, -0.2) is 40.0 Å². The summed E-state index contributed by atoms with van der Waals surface area (Å²) in [5.74, 6) is 2.69. The number of carbonyl (C=O) groups is 1. The van der Waals surface area contributed by atoms with Crippen molar-refractivity contribution in [2.75, 3.05) is 23.4 Å². The lowest BCUT2D eigenvalue weighted by Crippen LogP contribution is -2.33. The van der Waals surface area contributed by atoms with Crippen LogP contribution in [0.4, 0.5) is 5.82 Å². The lowest BCUT2D eigenvalue weighted by Gasteiger charge is -2.13. The van der Waals surface area contributed by atoms with Gasteiger partial charge in [-0.2, -0.15) is 11.8 Å². The minimum Gasteiger partial charge on any atom is -0.369 e. The van der Waals surface area contributed by atoms with E-state index in [1.165, 1.54) is 6.20 Å². The van der Waals surface area contributed by atoms with Crippen LogP contribution in [0.5, 0.6) is 0 Å². The van der Waals surface area contributed by atoms with Gasteiger partial charge in [-0.25, -0.2) is 9.97 Å². The van der Waals surface area contributed by atoms with Crippen molar-refractivity contribution in [3.63, 3.8) is 0 Å². The van der Waals surface area contributed by atoms with Crippen molar-refractivity contribution < 1.29 is 4.79 Å². The average Bonchev–Trinajstić information content (AvgIpc) is 2.40. The minimum absolute atomic E-state index is 0.154. The second-order valence-corrected chi connectivity index (χ2v) is 5.57. The molecule has 5 nitrogen and oxygen atoms in total. The largest absolute Gasteiger partial charge is 0.369 e. The zero-order chi connectivity index (χ0) is 14.1. The molecule has 0 aliphatic rings. The molecule has 0 aliphatic heterocycles. The molecule has 0 aliphatic carbocycles. The fourth-order valence-electron chi connectivity index (χ4n) is 1.49. The van der Waals surface area contributed by atoms with Crippen LogP contribution in [0.3, 0.4) is 0 Å². The highest BCUT2D eigenvalue weighted by Crippen LogP contribution is 2.05. The molecule has 0 saturated carbocycles. The molecular weight excluding hydrogens is 260 g/mol. The van der Waals surface area contributed by atoms with Gasteiger partial charge in [-0.15, -0.1) is 0 Å². The molecule has 1 amide bonds. The molecule has 1 unspecified atom stereocenters. The van der Waals surface area contributed by atoms with Crippen LogP contribution in [0.1, 0.15) is 37.7 Å². The second kappa shape index (κ2) is 8.74. The Hall–Kier alpha value is -1.30. The Bertz CT molecular complexity index is 383. The zero-order valence-electron chi connectivity index (χ0n) is 11.8. The number of amides is 1. The molecule has 2 N–H and O–H groups in total. The van der Waals surface area contributed by atoms with Crippen molar-refractivity contribution in [2.45, 2.75) is 33.2 Å². The molecule has 1 atom stereocenters. The number of hydrogen-bond donors (Lipinski definition) is 2. The number of aromatic nitrogens is 2. The van der Waals surface area contributed by atoms with Gasteiger partial charge in [0.05, 0.1) is 12.4 Å². The monoisotopic (exact) mass is 282 g/mol. The number of nitrogens with one attached hydrogen (secondary N) is 2. The molecule has 0 spiro atoms. The molecule has 1 aromatic heterocycles. The third kappa shape index (κ3) is 5.92. The van der Waals surface area contributed by atoms with Crippen LogP contribution >= 0.6 is 11.8 Å². The van der Waals surface area contributed by atoms with E-state index in [0.717, 1.165) is 24.5 Å². The van der Waals surface area contributed by atoms with Crippen molar-refractivity contribution >= 4 is 23.5 Å². The second-order valence-electron chi connectivity index (χ2n) is 4.18. The van der Waals surface area contributed by atoms with Crippen molar-refractivity contribution in [3.8, 4) is 0 Å². The highest BCUT2D eigenvalue weighted by atomic mass is 32.2. The summed E-state index contributed by atoms with van der Waals surface area (Å²) >= 11 is 1.88. The van der Waals surface area contributed by atoms with E-state index < -0.39 is 0 Å². The Morgan fingerprint density at radius 3 is 2.74 bits per heavy atom. The van der Waals surface area contributed by atoms with Crippen molar-refractivity contribution in [2.24, 2.45) is 0 Å². The summed E-state index contributed by atoms with van der Waals surface area (Å²) in [6.45, 7) is 6.91. The minimum atomic E-state index is -0.162. The molecule has 6 heteroatoms. The van der Waals surface area contributed by atoms with Crippen LogP contribution in [0.2, 0.25) is 0 Å². The average molecular weight is 282 g/mol. The molecule has 106 valence electrons. The topological polar surface area (TPSA) is 66.9 Å². The Balaban J connectivity index is 2.44. The van der Waals surface area contributed by atoms with Gasteiger partial charge in [0.2, 0.25) is 0 Å². The van der Waals surface area contributed by atoms with E-state index in [2.05, 4.69) is 27.5 Å². The Morgan fingerprint density at radius 2 is 2.16 bits per heavy atom. The highest BCUT2D eigenvalue weighted by Gasteiger charge is 2.11. The Kier molecular flexibility index (Phi) is 7.25. The normalized spacial score (nSPS) is 11.9. The number of rotatable bonds is 8. The predicted octanol–water partition coefficient (Wildman–Crippen LogP) is 2.17. The maximum absolute atomic E-state index is 11.9. The smallest absolute Gasteiger partial charge is 0.271 e. The van der Waals surface area contributed by atoms with Gasteiger partial charge < -0.3 is 10.6 Å². The Labute approximate surface area is 119 Å². The van der Waals surface area contributed by atoms with E-state index in [9.17, 15) is 4.79 Å². The first-order chi connectivity index (χ1) is 9.17. The fourth-order valence-corrected chi connectivity index (χ4v) is 2.30. The van der Waals surface area contributed by atoms with Crippen LogP contribution in [0.25, 0.3) is 0 Å². The quantitative estimate of drug-likeness (QED) is 0.715. The standard InChI is InChI=1S/C13H22N4OS/c1-4-14-12-9-15-11(8-16-12)13(18)17-10(3)6-7-19-5-2/h8-10H,4-7H2,1-3H3,(H,14,16)(H,17,18). The van der Waals surface area contributed by atoms with Crippen LogP contribution in [0.15, 0.2) is 12.4 Å². The van der Waals surface area contributed by atoms with Crippen molar-refractivity contribution in [1.82, 2.24) is 15.3 Å². The first kappa shape index (κ1) is 15.8. The molecule has 0 aromatic carbocycles. The van der Waals surface area contributed by atoms with Crippen molar-refractivity contribution in [3.05, 3.63) is 18.1 Å². The number of hydrogen-bond acceptors (Lipinski definition) is 5. The third-order valence-corrected chi connectivity index (χ3v) is 3.45. The van der Waals surface area contributed by atoms with Crippen LogP contribution in [0, 0.1) is 0 Å². The van der Waals surface area contributed by atoms with E-state index in [1.807, 2.05) is 25.6 Å². The highest BCUT2D eigenvalue weighted by molar-refractivity contribution is 7.99. The molecule has 1 heterocycles. The molecule has 0 radical (unpaired) electrons. The summed E-state index contributed by atoms with van der Waals surface area (Å²) < 4.78 is 0. The SMILES string of the molecule is CCNc1cnc(C(=O)NC(C)CCSCC)cn1. The molecule has 0 fully saturated rings. The molecule has 1 aromatic rings. The summed E-state index contributed by atoms with van der Waals surface area (Å²) in [5, 5.41) is 5.97. The lowest BCUT2D eigenvalue weighted by molar-refractivity contribution is 0.0934. The van der Waals surface area contributed by atoms with E-state index in [0.29, 0.717) is 11.5 Å². The zero-order valence-corrected chi connectivity index (χ0v) is 12.6. The number of anilines is 1. The third-order valence-electron chi connectivity index (χ3n) is 2.52. The van der Waals surface area contributed by atoms with Gasteiger partial charge in [-0.1, -0.05) is 6.92 Å². The van der Waals surface area contributed by atoms with Gasteiger partial charge in [0, 0.05) is 12.6 Å². The maximum Gasteiger partial charge on any atom is 0.271 e. The first-order valence-electron chi connectivity index (χ1n) is 6.61. The summed E-state index contributed by atoms with van der Waals surface area (Å²) in [7, 11) is 0. The van der Waals surface area contributed by atoms with E-state index in [1.54, 1.807) is 6.20 Å². The first-order valence-corrected chi connectivity index (χ1v) is 7.77. The number of carbonyl (C=O) groups excluding carboxylic acids is 1. The van der Waals surface area contributed by atoms with Gasteiger partial charge in [-0.3, -0.25) is 4.79 Å². The Morgan fingerprint density at radius 1 is 1.37 bits per heavy atom. The summed E-state index contributed by atoms with van der Waals surface area (Å²) in [4.78, 5) is 20.2. The van der Waals surface area contributed by atoms with E-state index in [-0.39, 0.29) is 11.9 Å². The molecule has 1 rings (SSSR count). The van der Waals surface area contributed by atoms with Crippen LogP contribution < -0.4 is 10.6 Å². The maximum atomic E-state index is 11.9. The lowest BCUT2D eigenvalue weighted by atomic mass is 10.2. The van der Waals surface area contributed by atoms with Crippen molar-refractivity contribution in [1.29, 1.82) is 0 Å². The number of thioether (sulfide) groups is 1. The summed E-state index contributed by atoms with van der Waals surface area (Å²) in [6.07, 6.45) is 4.05.